The van der Waals surface area contributed by atoms with Gasteiger partial charge in [-0.3, -0.25) is 29.0 Å². The van der Waals surface area contributed by atoms with E-state index in [9.17, 15) is 45.1 Å². The first-order valence-electron chi connectivity index (χ1n) is 8.99. The molecule has 12 nitrogen and oxygen atoms in total. The number of hydrogen-bond donors (Lipinski definition) is 0. The minimum Gasteiger partial charge on any atom is -0.748 e. The molecule has 0 aliphatic carbocycles. The first kappa shape index (κ1) is 29.0. The summed E-state index contributed by atoms with van der Waals surface area (Å²) in [6, 6.07) is 4.87. The number of hydrogen-bond acceptors (Lipinski definition) is 10. The van der Waals surface area contributed by atoms with Crippen LogP contribution in [0.4, 0.5) is 0 Å². The number of benzene rings is 2. The predicted molar refractivity (Wildman–Crippen MR) is 104 cm³/mol. The fourth-order valence-corrected chi connectivity index (χ4v) is 4.60. The maximum absolute atomic E-state index is 12.8. The van der Waals surface area contributed by atoms with Gasteiger partial charge in [-0.05, 0) is 24.3 Å². The topological polar surface area (TPSA) is 189 Å². The fraction of sp³-hybridized carbons (Fsp3) is 0.222. The molecule has 4 rings (SSSR count). The molecule has 0 N–H and O–H groups in total. The van der Waals surface area contributed by atoms with E-state index in [4.69, 9.17) is 0 Å². The van der Waals surface area contributed by atoms with Gasteiger partial charge in [-0.25, -0.2) is 16.8 Å². The van der Waals surface area contributed by atoms with Gasteiger partial charge in [0.05, 0.1) is 31.7 Å². The molecule has 4 amide bonds. The maximum Gasteiger partial charge on any atom is 1.00 e. The number of carbonyl (C=O) groups excluding carboxylic acids is 4. The first-order valence-corrected chi connectivity index (χ1v) is 12.1. The van der Waals surface area contributed by atoms with Gasteiger partial charge < -0.3 is 9.11 Å². The van der Waals surface area contributed by atoms with E-state index < -0.39 is 68.5 Å². The van der Waals surface area contributed by atoms with Crippen LogP contribution in [0.25, 0.3) is 10.8 Å². The van der Waals surface area contributed by atoms with Gasteiger partial charge in [-0.15, -0.1) is 0 Å². The molecule has 2 aromatic carbocycles. The first-order chi connectivity index (χ1) is 14.8. The molecule has 0 atom stereocenters. The third kappa shape index (κ3) is 5.16. The number of imide groups is 2. The van der Waals surface area contributed by atoms with Gasteiger partial charge in [-0.2, -0.15) is 0 Å². The summed E-state index contributed by atoms with van der Waals surface area (Å²) in [5, 5.41) is 0.0445. The van der Waals surface area contributed by atoms with Gasteiger partial charge in [0.25, 0.3) is 23.6 Å². The van der Waals surface area contributed by atoms with Crippen molar-refractivity contribution in [1.29, 1.82) is 0 Å². The molecule has 0 fully saturated rings. The molecule has 0 spiro atoms. The largest absolute Gasteiger partial charge is 1.00 e. The summed E-state index contributed by atoms with van der Waals surface area (Å²) in [7, 11) is -9.40. The summed E-state index contributed by atoms with van der Waals surface area (Å²) >= 11 is 0. The van der Waals surface area contributed by atoms with E-state index in [0.29, 0.717) is 9.80 Å². The van der Waals surface area contributed by atoms with Crippen LogP contribution in [-0.2, 0) is 20.2 Å². The molecule has 2 heterocycles. The van der Waals surface area contributed by atoms with Crippen molar-refractivity contribution in [3.63, 3.8) is 0 Å². The van der Waals surface area contributed by atoms with Gasteiger partial charge in [-0.1, -0.05) is 0 Å². The zero-order valence-electron chi connectivity index (χ0n) is 17.9. The minimum absolute atomic E-state index is 0. The van der Waals surface area contributed by atoms with Gasteiger partial charge in [0.15, 0.2) is 0 Å². The second kappa shape index (κ2) is 10.0. The van der Waals surface area contributed by atoms with E-state index in [2.05, 4.69) is 0 Å². The Balaban J connectivity index is 0.00000204. The molecule has 0 aromatic heterocycles. The SMILES string of the molecule is O=C1c2ccc3c4c(ccc(c24)C(=O)N1CCS(=O)(=O)[O-])C(=O)N(CCS(=O)(=O)[O-])C3=O.[Na+].[Na+]. The van der Waals surface area contributed by atoms with Gasteiger partial charge in [0.2, 0.25) is 0 Å². The van der Waals surface area contributed by atoms with Crippen LogP contribution in [0.15, 0.2) is 24.3 Å². The maximum atomic E-state index is 12.8. The Labute approximate surface area is 237 Å². The fourth-order valence-electron chi connectivity index (χ4n) is 3.79. The summed E-state index contributed by atoms with van der Waals surface area (Å²) in [4.78, 5) is 52.5. The third-order valence-corrected chi connectivity index (χ3v) is 6.56. The molecule has 2 aromatic rings. The average molecular weight is 526 g/mol. The molecule has 0 bridgehead atoms. The molecule has 34 heavy (non-hydrogen) atoms. The molecule has 16 heteroatoms. The van der Waals surface area contributed by atoms with Crippen molar-refractivity contribution in [2.75, 3.05) is 24.6 Å². The van der Waals surface area contributed by atoms with Crippen molar-refractivity contribution in [3.8, 4) is 0 Å². The molecular weight excluding hydrogens is 514 g/mol. The molecule has 2 aliphatic rings. The van der Waals surface area contributed by atoms with Crippen LogP contribution in [0.1, 0.15) is 41.4 Å². The molecular formula is C18H12N2Na2O10S2. The van der Waals surface area contributed by atoms with Gasteiger partial charge in [0.1, 0.15) is 0 Å². The van der Waals surface area contributed by atoms with Crippen LogP contribution >= 0.6 is 0 Å². The quantitative estimate of drug-likeness (QED) is 0.199. The monoisotopic (exact) mass is 526 g/mol. The predicted octanol–water partition coefficient (Wildman–Crippen LogP) is -6.87. The smallest absolute Gasteiger partial charge is 0.748 e. The van der Waals surface area contributed by atoms with Crippen LogP contribution in [0.5, 0.6) is 0 Å². The van der Waals surface area contributed by atoms with Crippen LogP contribution in [0, 0.1) is 0 Å². The average Bonchev–Trinajstić information content (AvgIpc) is 2.68. The molecule has 2 aliphatic heterocycles. The van der Waals surface area contributed by atoms with Crippen molar-refractivity contribution in [2.24, 2.45) is 0 Å². The molecule has 0 saturated carbocycles. The van der Waals surface area contributed by atoms with Crippen molar-refractivity contribution in [2.45, 2.75) is 0 Å². The zero-order valence-corrected chi connectivity index (χ0v) is 23.6. The molecule has 0 unspecified atom stereocenters. The number of carbonyl (C=O) groups is 4. The van der Waals surface area contributed by atoms with E-state index in [1.807, 2.05) is 0 Å². The van der Waals surface area contributed by atoms with Crippen LogP contribution in [-0.4, -0.2) is 84.0 Å². The van der Waals surface area contributed by atoms with E-state index in [1.54, 1.807) is 0 Å². The van der Waals surface area contributed by atoms with E-state index >= 15 is 0 Å². The van der Waals surface area contributed by atoms with Crippen molar-refractivity contribution >= 4 is 54.6 Å². The summed E-state index contributed by atoms with van der Waals surface area (Å²) in [5.41, 5.74) is -0.279. The Morgan fingerprint density at radius 3 is 1.00 bits per heavy atom. The Hall–Kier alpha value is -1.20. The molecule has 168 valence electrons. The normalized spacial score (nSPS) is 15.4. The third-order valence-electron chi connectivity index (χ3n) is 5.19. The second-order valence-corrected chi connectivity index (χ2v) is 10.2. The van der Waals surface area contributed by atoms with Crippen LogP contribution < -0.4 is 59.1 Å². The summed E-state index contributed by atoms with van der Waals surface area (Å²) in [5.74, 6) is -5.53. The summed E-state index contributed by atoms with van der Waals surface area (Å²) in [6.45, 7) is -1.33. The minimum atomic E-state index is -4.70. The Morgan fingerprint density at radius 2 is 0.794 bits per heavy atom. The van der Waals surface area contributed by atoms with Crippen molar-refractivity contribution < 1.29 is 104 Å². The number of nitrogens with zero attached hydrogens (tertiary/aromatic N) is 2. The number of rotatable bonds is 6. The number of amides is 4. The van der Waals surface area contributed by atoms with Crippen LogP contribution in [0.2, 0.25) is 0 Å². The van der Waals surface area contributed by atoms with Gasteiger partial charge >= 0.3 is 59.1 Å². The van der Waals surface area contributed by atoms with E-state index in [1.165, 1.54) is 24.3 Å². The standard InChI is InChI=1S/C18H14N2O10S2.2Na/c21-15-9-1-2-10-14-12(18(24)20(16(10)22)6-8-32(28,29)30)4-3-11(13(9)14)17(23)19(15)5-7-31(25,26)27;;/h1-4H,5-8H2,(H,25,26,27)(H,28,29,30);;/q;2*+1/p-2. The van der Waals surface area contributed by atoms with Crippen molar-refractivity contribution in [3.05, 3.63) is 46.5 Å². The Bertz CT molecular complexity index is 1290. The zero-order chi connectivity index (χ0) is 23.6. The van der Waals surface area contributed by atoms with E-state index in [-0.39, 0.29) is 92.1 Å². The summed E-state index contributed by atoms with van der Waals surface area (Å²) in [6.07, 6.45) is 0. The second-order valence-electron chi connectivity index (χ2n) is 7.12. The Kier molecular flexibility index (Phi) is 8.58. The molecule has 0 radical (unpaired) electrons. The Morgan fingerprint density at radius 1 is 0.559 bits per heavy atom. The van der Waals surface area contributed by atoms with Crippen LogP contribution in [0.3, 0.4) is 0 Å². The summed E-state index contributed by atoms with van der Waals surface area (Å²) < 4.78 is 65.6. The van der Waals surface area contributed by atoms with Gasteiger partial charge in [0, 0.05) is 46.1 Å². The molecule has 0 saturated heterocycles. The van der Waals surface area contributed by atoms with Crippen molar-refractivity contribution in [1.82, 2.24) is 9.80 Å². The van der Waals surface area contributed by atoms with E-state index in [0.717, 1.165) is 0 Å².